The number of methoxy groups -OCH3 is 1. The molecule has 1 aromatic rings. The van der Waals surface area contributed by atoms with Crippen LogP contribution in [0.15, 0.2) is 0 Å². The highest BCUT2D eigenvalue weighted by atomic mass is 35.5. The summed E-state index contributed by atoms with van der Waals surface area (Å²) in [6.45, 7) is 7.40. The lowest BCUT2D eigenvalue weighted by Gasteiger charge is -2.31. The minimum atomic E-state index is -0.107. The van der Waals surface area contributed by atoms with Gasteiger partial charge in [0.2, 0.25) is 0 Å². The Hall–Kier alpha value is -1.07. The SMILES string of the molecule is CCc1nn(CC)c(CN2CCC[C@H](C(=O)OC)C2)c1Cl. The Morgan fingerprint density at radius 2 is 2.24 bits per heavy atom. The molecule has 5 nitrogen and oxygen atoms in total. The number of rotatable bonds is 5. The lowest BCUT2D eigenvalue weighted by atomic mass is 9.98. The maximum atomic E-state index is 11.7. The molecule has 2 rings (SSSR count). The number of carbonyl (C=O) groups is 1. The molecule has 0 unspecified atom stereocenters. The molecule has 1 aliphatic rings. The molecule has 0 aromatic carbocycles. The van der Waals surface area contributed by atoms with Crippen LogP contribution in [0.4, 0.5) is 0 Å². The highest BCUT2D eigenvalue weighted by Crippen LogP contribution is 2.25. The van der Waals surface area contributed by atoms with E-state index in [0.717, 1.165) is 61.9 Å². The van der Waals surface area contributed by atoms with Crippen molar-refractivity contribution in [1.82, 2.24) is 14.7 Å². The maximum Gasteiger partial charge on any atom is 0.309 e. The average molecular weight is 314 g/mol. The first-order chi connectivity index (χ1) is 10.1. The molecule has 1 saturated heterocycles. The van der Waals surface area contributed by atoms with E-state index in [9.17, 15) is 4.79 Å². The Morgan fingerprint density at radius 1 is 1.48 bits per heavy atom. The second-order valence-electron chi connectivity index (χ2n) is 5.47. The summed E-state index contributed by atoms with van der Waals surface area (Å²) in [7, 11) is 1.46. The second kappa shape index (κ2) is 7.27. The summed E-state index contributed by atoms with van der Waals surface area (Å²) < 4.78 is 6.84. The number of aromatic nitrogens is 2. The summed E-state index contributed by atoms with van der Waals surface area (Å²) in [5.41, 5.74) is 2.01. The predicted octanol–water partition coefficient (Wildman–Crippen LogP) is 2.50. The topological polar surface area (TPSA) is 47.4 Å². The molecule has 0 amide bonds. The first-order valence-corrected chi connectivity index (χ1v) is 8.02. The Morgan fingerprint density at radius 3 is 2.86 bits per heavy atom. The Balaban J connectivity index is 2.10. The first kappa shape index (κ1) is 16.3. The number of carbonyl (C=O) groups excluding carboxylic acids is 1. The van der Waals surface area contributed by atoms with Gasteiger partial charge in [-0.1, -0.05) is 18.5 Å². The zero-order valence-corrected chi connectivity index (χ0v) is 13.8. The predicted molar refractivity (Wildman–Crippen MR) is 82.3 cm³/mol. The van der Waals surface area contributed by atoms with Gasteiger partial charge in [-0.3, -0.25) is 14.4 Å². The van der Waals surface area contributed by atoms with Crippen LogP contribution in [0, 0.1) is 5.92 Å². The monoisotopic (exact) mass is 313 g/mol. The minimum Gasteiger partial charge on any atom is -0.469 e. The number of esters is 1. The van der Waals surface area contributed by atoms with Crippen molar-refractivity contribution in [3.05, 3.63) is 16.4 Å². The Labute approximate surface area is 131 Å². The van der Waals surface area contributed by atoms with E-state index >= 15 is 0 Å². The van der Waals surface area contributed by atoms with Crippen LogP contribution in [0.2, 0.25) is 5.02 Å². The number of aryl methyl sites for hydroxylation is 2. The molecular formula is C15H24ClN3O2. The van der Waals surface area contributed by atoms with Gasteiger partial charge in [0.15, 0.2) is 0 Å². The van der Waals surface area contributed by atoms with Crippen molar-refractivity contribution in [2.24, 2.45) is 5.92 Å². The lowest BCUT2D eigenvalue weighted by molar-refractivity contribution is -0.147. The molecule has 0 bridgehead atoms. The van der Waals surface area contributed by atoms with Gasteiger partial charge >= 0.3 is 5.97 Å². The van der Waals surface area contributed by atoms with Gasteiger partial charge in [0, 0.05) is 19.6 Å². The average Bonchev–Trinajstić information content (AvgIpc) is 2.82. The van der Waals surface area contributed by atoms with Crippen molar-refractivity contribution in [3.8, 4) is 0 Å². The van der Waals surface area contributed by atoms with Crippen molar-refractivity contribution in [2.45, 2.75) is 46.2 Å². The van der Waals surface area contributed by atoms with E-state index in [0.29, 0.717) is 0 Å². The highest BCUT2D eigenvalue weighted by Gasteiger charge is 2.27. The van der Waals surface area contributed by atoms with Crippen molar-refractivity contribution < 1.29 is 9.53 Å². The molecule has 0 N–H and O–H groups in total. The molecule has 1 fully saturated rings. The number of nitrogens with zero attached hydrogens (tertiary/aromatic N) is 3. The van der Waals surface area contributed by atoms with Crippen LogP contribution in [0.25, 0.3) is 0 Å². The summed E-state index contributed by atoms with van der Waals surface area (Å²) in [4.78, 5) is 14.0. The van der Waals surface area contributed by atoms with Gasteiger partial charge in [0.25, 0.3) is 0 Å². The Kier molecular flexibility index (Phi) is 5.65. The molecule has 118 valence electrons. The van der Waals surface area contributed by atoms with Gasteiger partial charge in [-0.2, -0.15) is 5.10 Å². The molecule has 2 heterocycles. The third kappa shape index (κ3) is 3.58. The van der Waals surface area contributed by atoms with E-state index in [2.05, 4.69) is 23.8 Å². The fourth-order valence-electron chi connectivity index (χ4n) is 2.94. The number of halogens is 1. The van der Waals surface area contributed by atoms with Crippen molar-refractivity contribution in [3.63, 3.8) is 0 Å². The van der Waals surface area contributed by atoms with E-state index in [1.54, 1.807) is 0 Å². The summed E-state index contributed by atoms with van der Waals surface area (Å²) >= 11 is 6.45. The molecule has 1 aliphatic heterocycles. The number of ether oxygens (including phenoxy) is 1. The number of hydrogen-bond acceptors (Lipinski definition) is 4. The number of likely N-dealkylation sites (tertiary alicyclic amines) is 1. The van der Waals surface area contributed by atoms with Crippen LogP contribution in [-0.2, 0) is 29.0 Å². The largest absolute Gasteiger partial charge is 0.469 e. The van der Waals surface area contributed by atoms with Crippen LogP contribution in [-0.4, -0.2) is 40.8 Å². The summed E-state index contributed by atoms with van der Waals surface area (Å²) in [5, 5.41) is 5.33. The number of hydrogen-bond donors (Lipinski definition) is 0. The van der Waals surface area contributed by atoms with Crippen LogP contribution in [0.3, 0.4) is 0 Å². The molecule has 1 aromatic heterocycles. The van der Waals surface area contributed by atoms with Crippen LogP contribution in [0.5, 0.6) is 0 Å². The molecule has 0 radical (unpaired) electrons. The van der Waals surface area contributed by atoms with Gasteiger partial charge in [-0.25, -0.2) is 0 Å². The van der Waals surface area contributed by atoms with E-state index in [-0.39, 0.29) is 11.9 Å². The summed E-state index contributed by atoms with van der Waals surface area (Å²) in [6.07, 6.45) is 2.76. The lowest BCUT2D eigenvalue weighted by Crippen LogP contribution is -2.39. The molecule has 21 heavy (non-hydrogen) atoms. The van der Waals surface area contributed by atoms with Crippen molar-refractivity contribution in [2.75, 3.05) is 20.2 Å². The molecule has 1 atom stereocenters. The van der Waals surface area contributed by atoms with Crippen molar-refractivity contribution >= 4 is 17.6 Å². The van der Waals surface area contributed by atoms with Gasteiger partial charge in [0.1, 0.15) is 0 Å². The molecule has 0 aliphatic carbocycles. The third-order valence-corrected chi connectivity index (χ3v) is 4.54. The van der Waals surface area contributed by atoms with E-state index in [4.69, 9.17) is 16.3 Å². The smallest absolute Gasteiger partial charge is 0.309 e. The zero-order chi connectivity index (χ0) is 15.4. The molecular weight excluding hydrogens is 290 g/mol. The fraction of sp³-hybridized carbons (Fsp3) is 0.733. The van der Waals surface area contributed by atoms with Gasteiger partial charge in [-0.05, 0) is 32.7 Å². The highest BCUT2D eigenvalue weighted by molar-refractivity contribution is 6.31. The number of piperidine rings is 1. The quantitative estimate of drug-likeness (QED) is 0.784. The normalized spacial score (nSPS) is 19.7. The van der Waals surface area contributed by atoms with Crippen molar-refractivity contribution in [1.29, 1.82) is 0 Å². The first-order valence-electron chi connectivity index (χ1n) is 7.64. The molecule has 6 heteroatoms. The van der Waals surface area contributed by atoms with E-state index < -0.39 is 0 Å². The minimum absolute atomic E-state index is 0.0221. The van der Waals surface area contributed by atoms with E-state index in [1.807, 2.05) is 4.68 Å². The van der Waals surface area contributed by atoms with Gasteiger partial charge < -0.3 is 4.74 Å². The summed E-state index contributed by atoms with van der Waals surface area (Å²) in [6, 6.07) is 0. The zero-order valence-electron chi connectivity index (χ0n) is 13.1. The van der Waals surface area contributed by atoms with Gasteiger partial charge in [-0.15, -0.1) is 0 Å². The maximum absolute atomic E-state index is 11.7. The molecule has 0 spiro atoms. The fourth-order valence-corrected chi connectivity index (χ4v) is 3.27. The van der Waals surface area contributed by atoms with E-state index in [1.165, 1.54) is 7.11 Å². The van der Waals surface area contributed by atoms with Crippen LogP contribution >= 0.6 is 11.6 Å². The second-order valence-corrected chi connectivity index (χ2v) is 5.85. The Bertz CT molecular complexity index is 501. The standard InChI is InChI=1S/C15H24ClN3O2/c1-4-12-14(16)13(19(5-2)17-12)10-18-8-6-7-11(9-18)15(20)21-3/h11H,4-10H2,1-3H3/t11-/m0/s1. The van der Waals surface area contributed by atoms with Gasteiger partial charge in [0.05, 0.1) is 29.4 Å². The van der Waals surface area contributed by atoms with Crippen LogP contribution < -0.4 is 0 Å². The third-order valence-electron chi connectivity index (χ3n) is 4.11. The molecule has 0 saturated carbocycles. The van der Waals surface area contributed by atoms with Crippen LogP contribution in [0.1, 0.15) is 38.1 Å². The summed E-state index contributed by atoms with van der Waals surface area (Å²) in [5.74, 6) is -0.129.